The van der Waals surface area contributed by atoms with Crippen LogP contribution in [-0.2, 0) is 0 Å². The van der Waals surface area contributed by atoms with Crippen molar-refractivity contribution in [3.8, 4) is 0 Å². The van der Waals surface area contributed by atoms with E-state index < -0.39 is 0 Å². The molecule has 0 radical (unpaired) electrons. The Morgan fingerprint density at radius 1 is 1.29 bits per heavy atom. The highest BCUT2D eigenvalue weighted by molar-refractivity contribution is 4.94. The van der Waals surface area contributed by atoms with E-state index in [1.165, 1.54) is 25.7 Å². The van der Waals surface area contributed by atoms with Gasteiger partial charge in [0.2, 0.25) is 0 Å². The third kappa shape index (κ3) is 2.62. The van der Waals surface area contributed by atoms with Gasteiger partial charge in [0.15, 0.2) is 0 Å². The van der Waals surface area contributed by atoms with Crippen LogP contribution >= 0.6 is 0 Å². The highest BCUT2D eigenvalue weighted by Gasteiger charge is 2.39. The predicted molar refractivity (Wildman–Crippen MR) is 64.3 cm³/mol. The minimum absolute atomic E-state index is 0.936. The quantitative estimate of drug-likeness (QED) is 0.558. The van der Waals surface area contributed by atoms with Crippen LogP contribution < -0.4 is 0 Å². The van der Waals surface area contributed by atoms with Gasteiger partial charge in [-0.2, -0.15) is 0 Å². The monoisotopic (exact) mass is 194 g/mol. The molecule has 4 unspecified atom stereocenters. The first kappa shape index (κ1) is 11.8. The van der Waals surface area contributed by atoms with Crippen LogP contribution in [0.1, 0.15) is 53.4 Å². The van der Waals surface area contributed by atoms with E-state index in [0.717, 1.165) is 23.7 Å². The number of rotatable bonds is 5. The highest BCUT2D eigenvalue weighted by atomic mass is 14.4. The van der Waals surface area contributed by atoms with Crippen molar-refractivity contribution in [2.45, 2.75) is 53.4 Å². The molecule has 14 heavy (non-hydrogen) atoms. The van der Waals surface area contributed by atoms with Crippen molar-refractivity contribution in [1.82, 2.24) is 0 Å². The summed E-state index contributed by atoms with van der Waals surface area (Å²) in [5.74, 6) is 3.89. The summed E-state index contributed by atoms with van der Waals surface area (Å²) < 4.78 is 0. The van der Waals surface area contributed by atoms with Gasteiger partial charge in [0, 0.05) is 0 Å². The van der Waals surface area contributed by atoms with Crippen LogP contribution in [-0.4, -0.2) is 0 Å². The van der Waals surface area contributed by atoms with Crippen LogP contribution in [0.25, 0.3) is 0 Å². The molecule has 0 nitrogen and oxygen atoms in total. The molecule has 0 spiro atoms. The molecular formula is C14H26. The minimum Gasteiger partial charge on any atom is -0.0888 e. The van der Waals surface area contributed by atoms with Crippen molar-refractivity contribution < 1.29 is 0 Å². The second-order valence-corrected chi connectivity index (χ2v) is 5.04. The van der Waals surface area contributed by atoms with Gasteiger partial charge in [-0.05, 0) is 42.9 Å². The summed E-state index contributed by atoms with van der Waals surface area (Å²) in [6, 6.07) is 0. The molecule has 0 aromatic carbocycles. The van der Waals surface area contributed by atoms with Gasteiger partial charge >= 0.3 is 0 Å². The Morgan fingerprint density at radius 2 is 2.00 bits per heavy atom. The van der Waals surface area contributed by atoms with E-state index in [9.17, 15) is 0 Å². The maximum absolute atomic E-state index is 2.42. The largest absolute Gasteiger partial charge is 0.0888 e. The lowest BCUT2D eigenvalue weighted by molar-refractivity contribution is 0.0412. The van der Waals surface area contributed by atoms with Gasteiger partial charge in [0.05, 0.1) is 0 Å². The molecule has 1 aliphatic rings. The van der Waals surface area contributed by atoms with Crippen molar-refractivity contribution in [3.63, 3.8) is 0 Å². The lowest BCUT2D eigenvalue weighted by Crippen LogP contribution is -2.38. The molecule has 0 amide bonds. The topological polar surface area (TPSA) is 0 Å². The fourth-order valence-electron chi connectivity index (χ4n) is 2.79. The molecule has 1 rings (SSSR count). The van der Waals surface area contributed by atoms with Gasteiger partial charge in [0.25, 0.3) is 0 Å². The molecule has 0 aromatic heterocycles. The Balaban J connectivity index is 2.37. The molecule has 1 saturated carbocycles. The van der Waals surface area contributed by atoms with Crippen LogP contribution in [0.2, 0.25) is 0 Å². The van der Waals surface area contributed by atoms with Gasteiger partial charge in [-0.25, -0.2) is 0 Å². The maximum Gasteiger partial charge on any atom is -0.0317 e. The highest BCUT2D eigenvalue weighted by Crippen LogP contribution is 2.47. The summed E-state index contributed by atoms with van der Waals surface area (Å²) in [4.78, 5) is 0. The molecule has 1 fully saturated rings. The zero-order valence-electron chi connectivity index (χ0n) is 10.3. The molecule has 0 N–H and O–H groups in total. The number of allylic oxidation sites excluding steroid dienone is 2. The Labute approximate surface area is 89.8 Å². The van der Waals surface area contributed by atoms with Crippen LogP contribution in [0, 0.1) is 23.7 Å². The standard InChI is InChI=1S/C14H26/c1-5-7-8-9-13-12(4)10-14(13)11(3)6-2/h7-8,11-14H,5-6,9-10H2,1-4H3. The smallest absolute Gasteiger partial charge is 0.0317 e. The molecule has 0 aliphatic heterocycles. The van der Waals surface area contributed by atoms with Gasteiger partial charge in [-0.1, -0.05) is 46.3 Å². The summed E-state index contributed by atoms with van der Waals surface area (Å²) in [7, 11) is 0. The first-order valence-electron chi connectivity index (χ1n) is 6.35. The summed E-state index contributed by atoms with van der Waals surface area (Å²) in [6.45, 7) is 9.38. The molecule has 1 aliphatic carbocycles. The Kier molecular flexibility index (Phi) is 4.71. The van der Waals surface area contributed by atoms with Crippen LogP contribution in [0.15, 0.2) is 12.2 Å². The van der Waals surface area contributed by atoms with E-state index in [-0.39, 0.29) is 0 Å². The Morgan fingerprint density at radius 3 is 2.50 bits per heavy atom. The SMILES string of the molecule is CCC=CCC1C(C)CC1C(C)CC. The first-order valence-corrected chi connectivity index (χ1v) is 6.35. The lowest BCUT2D eigenvalue weighted by Gasteiger charge is -2.46. The van der Waals surface area contributed by atoms with E-state index in [0.29, 0.717) is 0 Å². The second kappa shape index (κ2) is 5.58. The van der Waals surface area contributed by atoms with E-state index in [1.807, 2.05) is 0 Å². The molecule has 0 bridgehead atoms. The second-order valence-electron chi connectivity index (χ2n) is 5.04. The average molecular weight is 194 g/mol. The van der Waals surface area contributed by atoms with Gasteiger partial charge in [0.1, 0.15) is 0 Å². The van der Waals surface area contributed by atoms with E-state index in [1.54, 1.807) is 0 Å². The zero-order chi connectivity index (χ0) is 10.6. The van der Waals surface area contributed by atoms with Crippen molar-refractivity contribution >= 4 is 0 Å². The van der Waals surface area contributed by atoms with Gasteiger partial charge in [-0.15, -0.1) is 0 Å². The number of hydrogen-bond acceptors (Lipinski definition) is 0. The fourth-order valence-corrected chi connectivity index (χ4v) is 2.79. The molecular weight excluding hydrogens is 168 g/mol. The summed E-state index contributed by atoms with van der Waals surface area (Å²) >= 11 is 0. The normalized spacial score (nSPS) is 34.4. The maximum atomic E-state index is 2.42. The summed E-state index contributed by atoms with van der Waals surface area (Å²) in [6.07, 6.45) is 10.1. The van der Waals surface area contributed by atoms with Gasteiger partial charge < -0.3 is 0 Å². The van der Waals surface area contributed by atoms with E-state index >= 15 is 0 Å². The Bertz CT molecular complexity index is 180. The van der Waals surface area contributed by atoms with Crippen molar-refractivity contribution in [3.05, 3.63) is 12.2 Å². The molecule has 0 heterocycles. The Hall–Kier alpha value is -0.260. The molecule has 0 aromatic rings. The molecule has 82 valence electrons. The molecule has 0 heteroatoms. The summed E-state index contributed by atoms with van der Waals surface area (Å²) in [5.41, 5.74) is 0. The van der Waals surface area contributed by atoms with Crippen LogP contribution in [0.5, 0.6) is 0 Å². The predicted octanol–water partition coefficient (Wildman–Crippen LogP) is 4.66. The van der Waals surface area contributed by atoms with Crippen LogP contribution in [0.3, 0.4) is 0 Å². The summed E-state index contributed by atoms with van der Waals surface area (Å²) in [5, 5.41) is 0. The first-order chi connectivity index (χ1) is 6.70. The van der Waals surface area contributed by atoms with Crippen molar-refractivity contribution in [2.24, 2.45) is 23.7 Å². The zero-order valence-corrected chi connectivity index (χ0v) is 10.3. The van der Waals surface area contributed by atoms with Gasteiger partial charge in [-0.3, -0.25) is 0 Å². The average Bonchev–Trinajstić information content (AvgIpc) is 2.19. The van der Waals surface area contributed by atoms with E-state index in [4.69, 9.17) is 0 Å². The third-order valence-corrected chi connectivity index (χ3v) is 4.11. The lowest BCUT2D eigenvalue weighted by atomic mass is 9.59. The van der Waals surface area contributed by atoms with E-state index in [2.05, 4.69) is 39.8 Å². The fraction of sp³-hybridized carbons (Fsp3) is 0.857. The molecule has 0 saturated heterocycles. The molecule has 4 atom stereocenters. The third-order valence-electron chi connectivity index (χ3n) is 4.11. The van der Waals surface area contributed by atoms with Crippen molar-refractivity contribution in [2.75, 3.05) is 0 Å². The number of hydrogen-bond donors (Lipinski definition) is 0. The van der Waals surface area contributed by atoms with Crippen molar-refractivity contribution in [1.29, 1.82) is 0 Å². The van der Waals surface area contributed by atoms with Crippen LogP contribution in [0.4, 0.5) is 0 Å². The minimum atomic E-state index is 0.936.